The number of hydrogen-bond acceptors (Lipinski definition) is 2. The highest BCUT2D eigenvalue weighted by Crippen LogP contribution is 2.39. The molecular formula is C11H10F5NO. The molecule has 0 saturated heterocycles. The van der Waals surface area contributed by atoms with Crippen molar-refractivity contribution >= 4 is 11.5 Å². The fourth-order valence-corrected chi connectivity index (χ4v) is 1.35. The third kappa shape index (κ3) is 2.44. The van der Waals surface area contributed by atoms with E-state index in [1.807, 2.05) is 0 Å². The van der Waals surface area contributed by atoms with Gasteiger partial charge in [0.25, 0.3) is 0 Å². The molecule has 7 heteroatoms. The average molecular weight is 267 g/mol. The van der Waals surface area contributed by atoms with Crippen molar-refractivity contribution in [2.45, 2.75) is 12.1 Å². The second-order valence-corrected chi connectivity index (χ2v) is 3.81. The Morgan fingerprint density at radius 1 is 1.06 bits per heavy atom. The van der Waals surface area contributed by atoms with Crippen molar-refractivity contribution in [2.24, 2.45) is 0 Å². The van der Waals surface area contributed by atoms with Crippen LogP contribution < -0.4 is 4.90 Å². The summed E-state index contributed by atoms with van der Waals surface area (Å²) in [7, 11) is 2.88. The van der Waals surface area contributed by atoms with E-state index in [4.69, 9.17) is 0 Å². The zero-order valence-electron chi connectivity index (χ0n) is 9.55. The molecule has 1 aromatic rings. The van der Waals surface area contributed by atoms with E-state index in [-0.39, 0.29) is 5.69 Å². The van der Waals surface area contributed by atoms with Gasteiger partial charge in [0, 0.05) is 25.3 Å². The van der Waals surface area contributed by atoms with Crippen LogP contribution in [-0.2, 0) is 0 Å². The molecule has 0 amide bonds. The van der Waals surface area contributed by atoms with E-state index in [0.29, 0.717) is 0 Å². The highest BCUT2D eigenvalue weighted by Gasteiger charge is 2.63. The molecule has 1 rings (SSSR count). The van der Waals surface area contributed by atoms with Crippen LogP contribution in [0.2, 0.25) is 0 Å². The largest absolute Gasteiger partial charge is 0.461 e. The molecule has 2 nitrogen and oxygen atoms in total. The molecule has 0 radical (unpaired) electrons. The highest BCUT2D eigenvalue weighted by atomic mass is 19.4. The number of Topliss-reactive ketones (excluding diaryl/α,β-unsaturated/α-hetero) is 1. The van der Waals surface area contributed by atoms with Gasteiger partial charge in [0.05, 0.1) is 0 Å². The molecule has 0 aliphatic carbocycles. The Morgan fingerprint density at radius 2 is 1.56 bits per heavy atom. The third-order valence-corrected chi connectivity index (χ3v) is 2.27. The first-order valence-corrected chi connectivity index (χ1v) is 4.84. The molecule has 0 unspecified atom stereocenters. The van der Waals surface area contributed by atoms with E-state index < -0.39 is 23.4 Å². The summed E-state index contributed by atoms with van der Waals surface area (Å²) in [6.07, 6.45) is -5.90. The van der Waals surface area contributed by atoms with Crippen LogP contribution in [0.5, 0.6) is 0 Å². The zero-order valence-corrected chi connectivity index (χ0v) is 9.55. The lowest BCUT2D eigenvalue weighted by atomic mass is 10.0. The van der Waals surface area contributed by atoms with E-state index >= 15 is 0 Å². The van der Waals surface area contributed by atoms with Crippen molar-refractivity contribution in [3.8, 4) is 0 Å². The Labute approximate surface area is 100 Å². The first-order chi connectivity index (χ1) is 8.09. The van der Waals surface area contributed by atoms with Gasteiger partial charge in [0.15, 0.2) is 0 Å². The first-order valence-electron chi connectivity index (χ1n) is 4.84. The summed E-state index contributed by atoms with van der Waals surface area (Å²) >= 11 is 0. The molecule has 0 aliphatic heterocycles. The lowest BCUT2D eigenvalue weighted by Crippen LogP contribution is -2.44. The summed E-state index contributed by atoms with van der Waals surface area (Å²) in [4.78, 5) is 12.6. The maximum Gasteiger partial charge on any atom is 0.461 e. The van der Waals surface area contributed by atoms with Crippen LogP contribution in [0.1, 0.15) is 10.4 Å². The summed E-state index contributed by atoms with van der Waals surface area (Å²) in [6, 6.07) is 4.90. The lowest BCUT2D eigenvalue weighted by molar-refractivity contribution is -0.255. The predicted molar refractivity (Wildman–Crippen MR) is 56.1 cm³/mol. The molecule has 0 aliphatic rings. The van der Waals surface area contributed by atoms with Crippen molar-refractivity contribution < 1.29 is 26.7 Å². The number of hydrogen-bond donors (Lipinski definition) is 0. The van der Waals surface area contributed by atoms with Gasteiger partial charge in [-0.1, -0.05) is 12.1 Å². The van der Waals surface area contributed by atoms with Gasteiger partial charge >= 0.3 is 12.1 Å². The summed E-state index contributed by atoms with van der Waals surface area (Å²) in [5, 5.41) is 0. The Morgan fingerprint density at radius 3 is 2.00 bits per heavy atom. The lowest BCUT2D eigenvalue weighted by Gasteiger charge is -2.22. The molecule has 0 aromatic heterocycles. The second-order valence-electron chi connectivity index (χ2n) is 3.81. The topological polar surface area (TPSA) is 20.3 Å². The Bertz CT molecular complexity index is 453. The van der Waals surface area contributed by atoms with Gasteiger partial charge in [-0.25, -0.2) is 0 Å². The van der Waals surface area contributed by atoms with E-state index in [2.05, 4.69) is 0 Å². The predicted octanol–water partition coefficient (Wildman–Crippen LogP) is 3.13. The third-order valence-electron chi connectivity index (χ3n) is 2.27. The fraction of sp³-hybridized carbons (Fsp3) is 0.364. The van der Waals surface area contributed by atoms with Crippen molar-refractivity contribution in [3.05, 3.63) is 29.8 Å². The maximum atomic E-state index is 13.0. The van der Waals surface area contributed by atoms with Gasteiger partial charge < -0.3 is 4.90 Å². The number of benzene rings is 1. The van der Waals surface area contributed by atoms with Gasteiger partial charge in [-0.2, -0.15) is 22.0 Å². The number of nitrogens with zero attached hydrogens (tertiary/aromatic N) is 1. The number of ketones is 1. The van der Waals surface area contributed by atoms with Crippen LogP contribution in [-0.4, -0.2) is 32.0 Å². The molecule has 0 saturated carbocycles. The number of halogens is 5. The molecule has 0 fully saturated rings. The first kappa shape index (κ1) is 14.4. The number of anilines is 1. The number of carbonyl (C=O) groups is 1. The molecule has 1 aromatic carbocycles. The Balaban J connectivity index is 3.28. The van der Waals surface area contributed by atoms with Crippen molar-refractivity contribution in [1.29, 1.82) is 0 Å². The summed E-state index contributed by atoms with van der Waals surface area (Å²) in [5.41, 5.74) is -0.656. The molecule has 100 valence electrons. The van der Waals surface area contributed by atoms with E-state index in [1.165, 1.54) is 37.2 Å². The fourth-order valence-electron chi connectivity index (χ4n) is 1.35. The van der Waals surface area contributed by atoms with Gasteiger partial charge in [-0.3, -0.25) is 4.79 Å². The Kier molecular flexibility index (Phi) is 3.64. The van der Waals surface area contributed by atoms with E-state index in [0.717, 1.165) is 6.07 Å². The zero-order chi connectivity index (χ0) is 14.1. The minimum absolute atomic E-state index is 0.00595. The molecule has 0 N–H and O–H groups in total. The second kappa shape index (κ2) is 4.55. The maximum absolute atomic E-state index is 13.0. The molecular weight excluding hydrogens is 257 g/mol. The van der Waals surface area contributed by atoms with Crippen molar-refractivity contribution in [2.75, 3.05) is 19.0 Å². The number of para-hydroxylation sites is 1. The molecule has 0 heterocycles. The minimum Gasteiger partial charge on any atom is -0.377 e. The van der Waals surface area contributed by atoms with Crippen LogP contribution >= 0.6 is 0 Å². The van der Waals surface area contributed by atoms with Gasteiger partial charge in [-0.15, -0.1) is 0 Å². The van der Waals surface area contributed by atoms with Crippen LogP contribution in [0.3, 0.4) is 0 Å². The van der Waals surface area contributed by atoms with Crippen LogP contribution in [0.25, 0.3) is 0 Å². The van der Waals surface area contributed by atoms with Gasteiger partial charge in [0.2, 0.25) is 5.78 Å². The number of alkyl halides is 5. The highest BCUT2D eigenvalue weighted by molar-refractivity contribution is 6.06. The number of rotatable bonds is 3. The van der Waals surface area contributed by atoms with Crippen LogP contribution in [0, 0.1) is 0 Å². The molecule has 18 heavy (non-hydrogen) atoms. The minimum atomic E-state index is -5.90. The summed E-state index contributed by atoms with van der Waals surface area (Å²) < 4.78 is 62.3. The Hall–Kier alpha value is -1.66. The van der Waals surface area contributed by atoms with Crippen molar-refractivity contribution in [1.82, 2.24) is 0 Å². The standard InChI is InChI=1S/C11H10F5NO/c1-17(2)8-6-4-3-5-7(8)9(18)10(12,13)11(14,15)16/h3-6H,1-2H3. The molecule has 0 bridgehead atoms. The molecule has 0 atom stereocenters. The van der Waals surface area contributed by atoms with E-state index in [1.54, 1.807) is 0 Å². The summed E-state index contributed by atoms with van der Waals surface area (Å²) in [6.45, 7) is 0. The average Bonchev–Trinajstić information content (AvgIpc) is 2.26. The SMILES string of the molecule is CN(C)c1ccccc1C(=O)C(F)(F)C(F)(F)F. The quantitative estimate of drug-likeness (QED) is 0.619. The van der Waals surface area contributed by atoms with E-state index in [9.17, 15) is 26.7 Å². The van der Waals surface area contributed by atoms with Crippen LogP contribution in [0.15, 0.2) is 24.3 Å². The van der Waals surface area contributed by atoms with Gasteiger partial charge in [-0.05, 0) is 12.1 Å². The van der Waals surface area contributed by atoms with Gasteiger partial charge in [0.1, 0.15) is 0 Å². The van der Waals surface area contributed by atoms with Crippen molar-refractivity contribution in [3.63, 3.8) is 0 Å². The summed E-state index contributed by atoms with van der Waals surface area (Å²) in [5.74, 6) is -7.64. The smallest absolute Gasteiger partial charge is 0.377 e. The monoisotopic (exact) mass is 267 g/mol. The van der Waals surface area contributed by atoms with Crippen LogP contribution in [0.4, 0.5) is 27.6 Å². The normalized spacial score (nSPS) is 12.4. The molecule has 0 spiro atoms. The number of carbonyl (C=O) groups excluding carboxylic acids is 1.